The molecule has 2 fully saturated rings. The van der Waals surface area contributed by atoms with Crippen molar-refractivity contribution in [2.45, 2.75) is 38.3 Å². The van der Waals surface area contributed by atoms with Crippen LogP contribution in [0.15, 0.2) is 30.5 Å². The minimum absolute atomic E-state index is 0.0563. The molecular weight excluding hydrogens is 475 g/mol. The highest BCUT2D eigenvalue weighted by Gasteiger charge is 2.54. The van der Waals surface area contributed by atoms with E-state index in [9.17, 15) is 14.0 Å². The Kier molecular flexibility index (Phi) is 4.75. The van der Waals surface area contributed by atoms with Crippen LogP contribution in [0.1, 0.15) is 44.4 Å². The number of nitrogens with two attached hydrogens (primary N) is 2. The molecule has 34 heavy (non-hydrogen) atoms. The van der Waals surface area contributed by atoms with Crippen molar-refractivity contribution in [2.24, 2.45) is 11.7 Å². The molecule has 0 unspecified atom stereocenters. The molecule has 1 aliphatic carbocycles. The lowest BCUT2D eigenvalue weighted by atomic mass is 10.0. The van der Waals surface area contributed by atoms with Crippen LogP contribution in [0.4, 0.5) is 9.52 Å². The fourth-order valence-corrected chi connectivity index (χ4v) is 6.93. The summed E-state index contributed by atoms with van der Waals surface area (Å²) in [6.45, 7) is 1.99. The van der Waals surface area contributed by atoms with Crippen molar-refractivity contribution in [3.8, 4) is 10.4 Å². The molecule has 0 bridgehead atoms. The number of imidazole rings is 1. The first kappa shape index (κ1) is 21.2. The van der Waals surface area contributed by atoms with Gasteiger partial charge in [-0.2, -0.15) is 0 Å². The summed E-state index contributed by atoms with van der Waals surface area (Å²) in [5, 5.41) is 0.269. The highest BCUT2D eigenvalue weighted by atomic mass is 32.1. The Morgan fingerprint density at radius 1 is 1.26 bits per heavy atom. The molecule has 1 saturated heterocycles. The topological polar surface area (TPSA) is 120 Å². The highest BCUT2D eigenvalue weighted by Crippen LogP contribution is 2.50. The van der Waals surface area contributed by atoms with Crippen LogP contribution in [0.3, 0.4) is 0 Å². The van der Waals surface area contributed by atoms with Crippen LogP contribution in [0.2, 0.25) is 0 Å². The van der Waals surface area contributed by atoms with Crippen molar-refractivity contribution >= 4 is 44.6 Å². The first-order chi connectivity index (χ1) is 16.3. The molecule has 6 rings (SSSR count). The Morgan fingerprint density at radius 2 is 2.09 bits per heavy atom. The first-order valence-electron chi connectivity index (χ1n) is 10.9. The number of carbonyl (C=O) groups excluding carboxylic acids is 2. The van der Waals surface area contributed by atoms with Crippen LogP contribution in [-0.2, 0) is 6.42 Å². The number of aromatic nitrogens is 3. The number of benzene rings is 1. The highest BCUT2D eigenvalue weighted by molar-refractivity contribution is 7.19. The van der Waals surface area contributed by atoms with Crippen LogP contribution in [0, 0.1) is 18.7 Å². The lowest BCUT2D eigenvalue weighted by Crippen LogP contribution is -2.40. The summed E-state index contributed by atoms with van der Waals surface area (Å²) in [5.41, 5.74) is 13.7. The molecule has 4 N–H and O–H groups in total. The number of likely N-dealkylation sites (tertiary alicyclic amines) is 1. The largest absolute Gasteiger partial charge is 0.375 e. The number of aryl methyl sites for hydroxylation is 1. The maximum atomic E-state index is 13.9. The Bertz CT molecular complexity index is 1470. The van der Waals surface area contributed by atoms with Gasteiger partial charge in [0.15, 0.2) is 10.1 Å². The Labute approximate surface area is 202 Å². The molecule has 1 aliphatic heterocycles. The summed E-state index contributed by atoms with van der Waals surface area (Å²) in [6.07, 6.45) is 3.92. The van der Waals surface area contributed by atoms with Gasteiger partial charge in [0.05, 0.1) is 11.1 Å². The van der Waals surface area contributed by atoms with Gasteiger partial charge in [-0.15, -0.1) is 11.3 Å². The van der Waals surface area contributed by atoms with Gasteiger partial charge in [0, 0.05) is 29.1 Å². The van der Waals surface area contributed by atoms with E-state index in [1.54, 1.807) is 12.1 Å². The monoisotopic (exact) mass is 496 g/mol. The molecule has 4 aromatic rings. The summed E-state index contributed by atoms with van der Waals surface area (Å²) < 4.78 is 15.7. The predicted molar refractivity (Wildman–Crippen MR) is 128 cm³/mol. The zero-order chi connectivity index (χ0) is 23.7. The molecule has 0 spiro atoms. The molecule has 3 atom stereocenters. The van der Waals surface area contributed by atoms with Gasteiger partial charge < -0.3 is 16.4 Å². The lowest BCUT2D eigenvalue weighted by Gasteiger charge is -2.27. The number of fused-ring (bicyclic) bond motifs is 2. The van der Waals surface area contributed by atoms with Crippen LogP contribution in [-0.4, -0.2) is 43.2 Å². The van der Waals surface area contributed by atoms with Crippen molar-refractivity contribution in [3.63, 3.8) is 0 Å². The van der Waals surface area contributed by atoms with Crippen LogP contribution in [0.25, 0.3) is 15.4 Å². The number of primary amides is 1. The second kappa shape index (κ2) is 7.60. The third-order valence-electron chi connectivity index (χ3n) is 6.71. The molecule has 1 aromatic carbocycles. The van der Waals surface area contributed by atoms with E-state index in [-0.39, 0.29) is 34.6 Å². The fourth-order valence-electron chi connectivity index (χ4n) is 5.14. The predicted octanol–water partition coefficient (Wildman–Crippen LogP) is 3.49. The molecule has 4 heterocycles. The third-order valence-corrected chi connectivity index (χ3v) is 8.66. The number of nitrogen functional groups attached to an aromatic ring is 1. The van der Waals surface area contributed by atoms with Gasteiger partial charge in [-0.3, -0.25) is 14.0 Å². The van der Waals surface area contributed by atoms with Crippen molar-refractivity contribution in [1.82, 2.24) is 19.3 Å². The minimum atomic E-state index is -0.536. The SMILES string of the molecule is Cc1sc2ncc(C(N)=O)n2c1C[C@@H]1C[C@@H]2C[C@@H]2N1C(=O)c1nc(N)sc1-c1cccc(F)c1. The maximum absolute atomic E-state index is 13.9. The van der Waals surface area contributed by atoms with Crippen LogP contribution < -0.4 is 11.5 Å². The molecule has 174 valence electrons. The van der Waals surface area contributed by atoms with Gasteiger partial charge >= 0.3 is 0 Å². The van der Waals surface area contributed by atoms with Gasteiger partial charge in [0.1, 0.15) is 17.2 Å². The molecule has 8 nitrogen and oxygen atoms in total. The zero-order valence-electron chi connectivity index (χ0n) is 18.2. The fraction of sp³-hybridized carbons (Fsp3) is 0.304. The van der Waals surface area contributed by atoms with Crippen molar-refractivity contribution in [1.29, 1.82) is 0 Å². The van der Waals surface area contributed by atoms with Gasteiger partial charge in [-0.05, 0) is 43.4 Å². The summed E-state index contributed by atoms with van der Waals surface area (Å²) in [4.78, 5) is 38.7. The molecular formula is C23H21FN6O2S2. The molecule has 11 heteroatoms. The van der Waals surface area contributed by atoms with Gasteiger partial charge in [-0.1, -0.05) is 23.5 Å². The number of anilines is 1. The number of thiazole rings is 2. The normalized spacial score (nSPS) is 21.2. The number of carbonyl (C=O) groups is 2. The van der Waals surface area contributed by atoms with Gasteiger partial charge in [0.25, 0.3) is 11.8 Å². The van der Waals surface area contributed by atoms with E-state index in [0.717, 1.165) is 23.4 Å². The summed E-state index contributed by atoms with van der Waals surface area (Å²) in [5.74, 6) is -0.652. The number of piperidine rings is 1. The molecule has 0 radical (unpaired) electrons. The van der Waals surface area contributed by atoms with E-state index in [1.165, 1.54) is 41.0 Å². The smallest absolute Gasteiger partial charge is 0.274 e. The van der Waals surface area contributed by atoms with E-state index >= 15 is 0 Å². The second-order valence-corrected chi connectivity index (χ2v) is 11.1. The van der Waals surface area contributed by atoms with Crippen molar-refractivity contribution in [3.05, 3.63) is 58.2 Å². The number of rotatable bonds is 5. The Hall–Kier alpha value is -3.31. The van der Waals surface area contributed by atoms with Crippen LogP contribution in [0.5, 0.6) is 0 Å². The van der Waals surface area contributed by atoms with Crippen molar-refractivity contribution < 1.29 is 14.0 Å². The first-order valence-corrected chi connectivity index (χ1v) is 12.6. The number of hydrogen-bond acceptors (Lipinski definition) is 7. The van der Waals surface area contributed by atoms with E-state index in [1.807, 2.05) is 16.2 Å². The number of amides is 2. The number of halogens is 1. The zero-order valence-corrected chi connectivity index (χ0v) is 19.8. The Morgan fingerprint density at radius 3 is 2.85 bits per heavy atom. The molecule has 1 saturated carbocycles. The van der Waals surface area contributed by atoms with Gasteiger partial charge in [0.2, 0.25) is 0 Å². The minimum Gasteiger partial charge on any atom is -0.375 e. The quantitative estimate of drug-likeness (QED) is 0.438. The summed E-state index contributed by atoms with van der Waals surface area (Å²) >= 11 is 2.69. The second-order valence-electron chi connectivity index (χ2n) is 8.84. The lowest BCUT2D eigenvalue weighted by molar-refractivity contribution is 0.0694. The average Bonchev–Trinajstić information content (AvgIpc) is 3.12. The number of hydrogen-bond donors (Lipinski definition) is 2. The standard InChI is InChI=1S/C23H21FN6O2S2/c1-10-15(30-17(20(25)31)9-27-23(30)33-10)8-14-6-12-7-16(12)29(14)21(32)18-19(34-22(26)28-18)11-3-2-4-13(24)5-11/h2-5,9,12,14,16H,6-8H2,1H3,(H2,25,31)(H2,26,28)/t12-,14+,16+/m1/s1. The summed E-state index contributed by atoms with van der Waals surface area (Å²) in [6, 6.07) is 6.22. The van der Waals surface area contributed by atoms with Crippen molar-refractivity contribution in [2.75, 3.05) is 5.73 Å². The maximum Gasteiger partial charge on any atom is 0.274 e. The molecule has 2 amide bonds. The van der Waals surface area contributed by atoms with E-state index in [0.29, 0.717) is 33.4 Å². The molecule has 2 aliphatic rings. The van der Waals surface area contributed by atoms with E-state index < -0.39 is 5.91 Å². The third kappa shape index (κ3) is 3.30. The number of nitrogens with zero attached hydrogens (tertiary/aromatic N) is 4. The molecule has 3 aromatic heterocycles. The van der Waals surface area contributed by atoms with E-state index in [4.69, 9.17) is 11.5 Å². The Balaban J connectivity index is 1.36. The van der Waals surface area contributed by atoms with Crippen LogP contribution >= 0.6 is 22.7 Å². The summed E-state index contributed by atoms with van der Waals surface area (Å²) in [7, 11) is 0. The van der Waals surface area contributed by atoms with E-state index in [2.05, 4.69) is 9.97 Å². The average molecular weight is 497 g/mol. The van der Waals surface area contributed by atoms with Gasteiger partial charge in [-0.25, -0.2) is 14.4 Å².